The van der Waals surface area contributed by atoms with Crippen LogP contribution in [0.15, 0.2) is 48.2 Å². The molecule has 0 aliphatic carbocycles. The topological polar surface area (TPSA) is 86.6 Å². The van der Waals surface area contributed by atoms with E-state index >= 15 is 4.39 Å². The van der Waals surface area contributed by atoms with Gasteiger partial charge in [-0.05, 0) is 49.9 Å². The molecule has 2 unspecified atom stereocenters. The number of phenolic OH excluding ortho intramolecular Hbond substituents is 1. The molecule has 8 nitrogen and oxygen atoms in total. The van der Waals surface area contributed by atoms with Gasteiger partial charge >= 0.3 is 6.01 Å². The van der Waals surface area contributed by atoms with Gasteiger partial charge in [-0.3, -0.25) is 9.88 Å². The first-order valence-electron chi connectivity index (χ1n) is 15.1. The van der Waals surface area contributed by atoms with Crippen molar-refractivity contribution in [3.63, 3.8) is 0 Å². The first-order valence-corrected chi connectivity index (χ1v) is 15.1. The van der Waals surface area contributed by atoms with Crippen LogP contribution in [0.2, 0.25) is 0 Å². The molecule has 2 bridgehead atoms. The summed E-state index contributed by atoms with van der Waals surface area (Å²) in [6.45, 7) is 4.88. The molecule has 8 rings (SSSR count). The molecule has 2 N–H and O–H groups in total. The number of ether oxygens (including phenoxy) is 1. The average Bonchev–Trinajstić information content (AvgIpc) is 3.63. The number of halogens is 2. The number of piperazine rings is 1. The van der Waals surface area contributed by atoms with E-state index in [9.17, 15) is 9.50 Å². The summed E-state index contributed by atoms with van der Waals surface area (Å²) in [5.41, 5.74) is 1.88. The molecule has 44 heavy (non-hydrogen) atoms. The second-order valence-electron chi connectivity index (χ2n) is 12.6. The van der Waals surface area contributed by atoms with E-state index in [0.717, 1.165) is 19.4 Å². The van der Waals surface area contributed by atoms with Gasteiger partial charge in [0.05, 0.1) is 10.9 Å². The molecule has 10 heteroatoms. The van der Waals surface area contributed by atoms with Crippen molar-refractivity contribution in [2.24, 2.45) is 0 Å². The van der Waals surface area contributed by atoms with Crippen molar-refractivity contribution in [3.05, 3.63) is 59.6 Å². The lowest BCUT2D eigenvalue weighted by Gasteiger charge is -2.35. The number of aromatic nitrogens is 3. The SMILES string of the molecule is C#Cc1cccc2cc(O)cc(-c3ncc4c(N5CC6C=C(C)C(C5)N6)nc(OC[C@@]56CCCN5C[C@H](F)C6)nc4c3F)c12. The second kappa shape index (κ2) is 10.1. The summed E-state index contributed by atoms with van der Waals surface area (Å²) in [6.07, 6.45) is 11.0. The lowest BCUT2D eigenvalue weighted by Crippen LogP contribution is -2.52. The van der Waals surface area contributed by atoms with E-state index < -0.39 is 17.5 Å². The molecule has 0 amide bonds. The Labute approximate surface area is 253 Å². The Morgan fingerprint density at radius 3 is 2.95 bits per heavy atom. The first-order chi connectivity index (χ1) is 21.3. The third kappa shape index (κ3) is 4.29. The molecule has 3 fully saturated rings. The molecule has 4 aromatic rings. The van der Waals surface area contributed by atoms with Crippen molar-refractivity contribution in [1.82, 2.24) is 25.2 Å². The summed E-state index contributed by atoms with van der Waals surface area (Å²) in [5, 5.41) is 15.9. The van der Waals surface area contributed by atoms with E-state index in [1.54, 1.807) is 24.4 Å². The number of nitrogens with zero attached hydrogens (tertiary/aromatic N) is 5. The number of hydrogen-bond acceptors (Lipinski definition) is 8. The van der Waals surface area contributed by atoms with E-state index in [4.69, 9.17) is 16.1 Å². The van der Waals surface area contributed by atoms with E-state index in [0.29, 0.717) is 59.2 Å². The Hall–Kier alpha value is -4.33. The van der Waals surface area contributed by atoms with Crippen LogP contribution in [-0.4, -0.2) is 81.5 Å². The molecule has 224 valence electrons. The zero-order valence-electron chi connectivity index (χ0n) is 24.4. The van der Waals surface area contributed by atoms with Crippen molar-refractivity contribution in [2.45, 2.75) is 50.0 Å². The zero-order chi connectivity index (χ0) is 30.2. The summed E-state index contributed by atoms with van der Waals surface area (Å²) in [7, 11) is 0. The van der Waals surface area contributed by atoms with E-state index in [2.05, 4.69) is 44.0 Å². The summed E-state index contributed by atoms with van der Waals surface area (Å²) in [4.78, 5) is 18.3. The zero-order valence-corrected chi connectivity index (χ0v) is 24.4. The molecular weight excluding hydrogens is 562 g/mol. The molecule has 2 aromatic carbocycles. The number of anilines is 1. The first kappa shape index (κ1) is 27.2. The van der Waals surface area contributed by atoms with Gasteiger partial charge in [-0.1, -0.05) is 29.7 Å². The molecule has 4 aliphatic heterocycles. The van der Waals surface area contributed by atoms with Crippen molar-refractivity contribution in [3.8, 4) is 35.4 Å². The Morgan fingerprint density at radius 2 is 2.11 bits per heavy atom. The number of rotatable bonds is 5. The number of aromatic hydroxyl groups is 1. The number of hydrogen-bond donors (Lipinski definition) is 2. The van der Waals surface area contributed by atoms with Crippen molar-refractivity contribution >= 4 is 27.5 Å². The smallest absolute Gasteiger partial charge is 0.319 e. The lowest BCUT2D eigenvalue weighted by atomic mass is 9.95. The van der Waals surface area contributed by atoms with Crippen LogP contribution < -0.4 is 15.0 Å². The van der Waals surface area contributed by atoms with Crippen LogP contribution in [0.1, 0.15) is 31.7 Å². The van der Waals surface area contributed by atoms with Crippen LogP contribution in [0.4, 0.5) is 14.6 Å². The monoisotopic (exact) mass is 594 g/mol. The fraction of sp³-hybridized carbons (Fsp3) is 0.382. The fourth-order valence-electron chi connectivity index (χ4n) is 7.76. The molecule has 4 aliphatic rings. The predicted octanol–water partition coefficient (Wildman–Crippen LogP) is 4.73. The van der Waals surface area contributed by atoms with Crippen LogP contribution in [-0.2, 0) is 0 Å². The molecule has 4 atom stereocenters. The highest BCUT2D eigenvalue weighted by atomic mass is 19.1. The number of phenols is 1. The summed E-state index contributed by atoms with van der Waals surface area (Å²) in [5.74, 6) is 2.53. The maximum Gasteiger partial charge on any atom is 0.319 e. The summed E-state index contributed by atoms with van der Waals surface area (Å²) in [6, 6.07) is 8.81. The molecule has 0 spiro atoms. The standard InChI is InChI=1S/C34H32F2N6O2/c1-3-20-6-4-7-21-11-24(43)12-25(28(20)21)30-29(36)31-26(14-37-30)32(41-16-23-10-19(2)27(17-41)38-23)40-33(39-31)44-18-34-8-5-9-42(34)15-22(35)13-34/h1,4,6-7,10-12,14,22-23,27,38,43H,5,8-9,13,15-18H2,2H3/t22-,23?,27?,34+/m1/s1. The number of terminal acetylenes is 1. The highest BCUT2D eigenvalue weighted by Gasteiger charge is 2.49. The maximum absolute atomic E-state index is 16.8. The van der Waals surface area contributed by atoms with E-state index in [1.165, 1.54) is 11.6 Å². The van der Waals surface area contributed by atoms with Gasteiger partial charge in [0, 0.05) is 60.8 Å². The van der Waals surface area contributed by atoms with Crippen LogP contribution in [0, 0.1) is 18.2 Å². The van der Waals surface area contributed by atoms with Crippen LogP contribution in [0.3, 0.4) is 0 Å². The van der Waals surface area contributed by atoms with E-state index in [1.807, 2.05) is 6.07 Å². The Balaban J connectivity index is 1.27. The summed E-state index contributed by atoms with van der Waals surface area (Å²) >= 11 is 0. The number of benzene rings is 2. The normalized spacial score (nSPS) is 26.3. The number of fused-ring (bicyclic) bond motifs is 5. The minimum Gasteiger partial charge on any atom is -0.508 e. The van der Waals surface area contributed by atoms with Crippen molar-refractivity contribution in [2.75, 3.05) is 37.7 Å². The van der Waals surface area contributed by atoms with Crippen LogP contribution >= 0.6 is 0 Å². The highest BCUT2D eigenvalue weighted by molar-refractivity contribution is 6.02. The summed E-state index contributed by atoms with van der Waals surface area (Å²) < 4.78 is 37.5. The minimum atomic E-state index is -0.893. The van der Waals surface area contributed by atoms with Crippen LogP contribution in [0.25, 0.3) is 32.9 Å². The third-order valence-corrected chi connectivity index (χ3v) is 9.80. The van der Waals surface area contributed by atoms with Crippen molar-refractivity contribution < 1.29 is 18.6 Å². The van der Waals surface area contributed by atoms with Gasteiger partial charge in [0.2, 0.25) is 0 Å². The highest BCUT2D eigenvalue weighted by Crippen LogP contribution is 2.42. The van der Waals surface area contributed by atoms with Crippen molar-refractivity contribution in [1.29, 1.82) is 0 Å². The van der Waals surface area contributed by atoms with E-state index in [-0.39, 0.29) is 41.7 Å². The quantitative estimate of drug-likeness (QED) is 0.253. The molecule has 0 radical (unpaired) electrons. The predicted molar refractivity (Wildman–Crippen MR) is 165 cm³/mol. The Bertz CT molecular complexity index is 1910. The Kier molecular flexibility index (Phi) is 6.26. The van der Waals surface area contributed by atoms with Crippen LogP contribution in [0.5, 0.6) is 11.8 Å². The minimum absolute atomic E-state index is 0.0196. The van der Waals surface area contributed by atoms with Gasteiger partial charge in [-0.15, -0.1) is 6.42 Å². The fourth-order valence-corrected chi connectivity index (χ4v) is 7.76. The number of pyridine rings is 1. The average molecular weight is 595 g/mol. The Morgan fingerprint density at radius 1 is 1.23 bits per heavy atom. The molecule has 0 saturated carbocycles. The maximum atomic E-state index is 16.8. The number of nitrogens with one attached hydrogen (secondary N) is 1. The third-order valence-electron chi connectivity index (χ3n) is 9.80. The van der Waals surface area contributed by atoms with Gasteiger partial charge in [0.15, 0.2) is 5.82 Å². The number of alkyl halides is 1. The molecule has 2 aromatic heterocycles. The molecule has 3 saturated heterocycles. The molecular formula is C34H32F2N6O2. The second-order valence-corrected chi connectivity index (χ2v) is 12.6. The molecule has 6 heterocycles. The van der Waals surface area contributed by atoms with Gasteiger partial charge in [0.1, 0.15) is 35.6 Å². The largest absolute Gasteiger partial charge is 0.508 e. The van der Waals surface area contributed by atoms with Gasteiger partial charge in [0.25, 0.3) is 0 Å². The lowest BCUT2D eigenvalue weighted by molar-refractivity contribution is 0.107. The van der Waals surface area contributed by atoms with Gasteiger partial charge in [-0.2, -0.15) is 9.97 Å². The van der Waals surface area contributed by atoms with Gasteiger partial charge < -0.3 is 20.1 Å². The van der Waals surface area contributed by atoms with Gasteiger partial charge in [-0.25, -0.2) is 8.78 Å².